The highest BCUT2D eigenvalue weighted by Gasteiger charge is 2.31. The molecule has 2 rings (SSSR count). The van der Waals surface area contributed by atoms with Crippen LogP contribution in [0.15, 0.2) is 30.3 Å². The Morgan fingerprint density at radius 3 is 2.61 bits per heavy atom. The molecule has 0 spiro atoms. The van der Waals surface area contributed by atoms with Crippen molar-refractivity contribution in [2.24, 2.45) is 5.92 Å². The van der Waals surface area contributed by atoms with Crippen LogP contribution in [0, 0.1) is 5.92 Å². The highest BCUT2D eigenvalue weighted by Crippen LogP contribution is 2.27. The first-order chi connectivity index (χ1) is 8.68. The van der Waals surface area contributed by atoms with Gasteiger partial charge in [0.05, 0.1) is 5.92 Å². The number of aliphatic carboxylic acids is 1. The number of nitrogens with one attached hydrogen (secondary N) is 1. The van der Waals surface area contributed by atoms with E-state index in [0.29, 0.717) is 0 Å². The number of carboxylic acid groups (broad SMARTS) is 1. The van der Waals surface area contributed by atoms with Crippen LogP contribution in [0.5, 0.6) is 0 Å². The smallest absolute Gasteiger partial charge is 0.308 e. The molecule has 0 amide bonds. The van der Waals surface area contributed by atoms with Crippen molar-refractivity contribution in [3.8, 4) is 0 Å². The van der Waals surface area contributed by atoms with Crippen LogP contribution in [0.2, 0.25) is 0 Å². The van der Waals surface area contributed by atoms with Gasteiger partial charge in [-0.1, -0.05) is 43.2 Å². The summed E-state index contributed by atoms with van der Waals surface area (Å²) in [5.74, 6) is -0.891. The van der Waals surface area contributed by atoms with E-state index in [1.165, 1.54) is 5.56 Å². The molecular formula is C15H21NO2. The molecule has 98 valence electrons. The molecule has 18 heavy (non-hydrogen) atoms. The zero-order valence-electron chi connectivity index (χ0n) is 10.8. The standard InChI is InChI=1S/C15H21NO2/c1-11(12-7-3-2-4-8-12)16-14-10-6-5-9-13(14)15(17)18/h2-4,7-8,11,13-14,16H,5-6,9-10H2,1H3,(H,17,18)/t11-,13?,14?/m1/s1. The van der Waals surface area contributed by atoms with Crippen molar-refractivity contribution in [2.45, 2.75) is 44.7 Å². The van der Waals surface area contributed by atoms with E-state index >= 15 is 0 Å². The van der Waals surface area contributed by atoms with Crippen molar-refractivity contribution in [3.63, 3.8) is 0 Å². The number of rotatable bonds is 4. The zero-order valence-corrected chi connectivity index (χ0v) is 10.8. The summed E-state index contributed by atoms with van der Waals surface area (Å²) >= 11 is 0. The monoisotopic (exact) mass is 247 g/mol. The minimum atomic E-state index is -0.660. The minimum Gasteiger partial charge on any atom is -0.481 e. The van der Waals surface area contributed by atoms with Crippen LogP contribution in [0.25, 0.3) is 0 Å². The maximum atomic E-state index is 11.2. The summed E-state index contributed by atoms with van der Waals surface area (Å²) in [6.45, 7) is 2.10. The highest BCUT2D eigenvalue weighted by atomic mass is 16.4. The van der Waals surface area contributed by atoms with Crippen molar-refractivity contribution in [1.29, 1.82) is 0 Å². The third kappa shape index (κ3) is 3.10. The van der Waals surface area contributed by atoms with Crippen molar-refractivity contribution in [3.05, 3.63) is 35.9 Å². The van der Waals surface area contributed by atoms with Crippen molar-refractivity contribution >= 4 is 5.97 Å². The summed E-state index contributed by atoms with van der Waals surface area (Å²) < 4.78 is 0. The Balaban J connectivity index is 2.01. The summed E-state index contributed by atoms with van der Waals surface area (Å²) in [6, 6.07) is 10.5. The van der Waals surface area contributed by atoms with Crippen LogP contribution in [-0.4, -0.2) is 17.1 Å². The largest absolute Gasteiger partial charge is 0.481 e. The quantitative estimate of drug-likeness (QED) is 0.860. The molecule has 3 atom stereocenters. The summed E-state index contributed by atoms with van der Waals surface area (Å²) in [4.78, 5) is 11.2. The van der Waals surface area contributed by atoms with Gasteiger partial charge in [0.15, 0.2) is 0 Å². The summed E-state index contributed by atoms with van der Waals surface area (Å²) in [5.41, 5.74) is 1.22. The van der Waals surface area contributed by atoms with Crippen LogP contribution in [0.3, 0.4) is 0 Å². The van der Waals surface area contributed by atoms with Gasteiger partial charge in [-0.15, -0.1) is 0 Å². The van der Waals surface area contributed by atoms with Gasteiger partial charge in [0.1, 0.15) is 0 Å². The molecule has 1 aliphatic rings. The Hall–Kier alpha value is -1.35. The number of hydrogen-bond donors (Lipinski definition) is 2. The molecule has 0 aromatic heterocycles. The van der Waals surface area contributed by atoms with Gasteiger partial charge in [-0.05, 0) is 25.3 Å². The maximum Gasteiger partial charge on any atom is 0.308 e. The van der Waals surface area contributed by atoms with Gasteiger partial charge < -0.3 is 10.4 Å². The molecule has 0 bridgehead atoms. The van der Waals surface area contributed by atoms with Crippen LogP contribution in [-0.2, 0) is 4.79 Å². The SMILES string of the molecule is C[C@@H](NC1CCCCC1C(=O)O)c1ccccc1. The van der Waals surface area contributed by atoms with Gasteiger partial charge in [0.25, 0.3) is 0 Å². The first-order valence-electron chi connectivity index (χ1n) is 6.72. The molecular weight excluding hydrogens is 226 g/mol. The number of benzene rings is 1. The van der Waals surface area contributed by atoms with E-state index in [1.807, 2.05) is 18.2 Å². The van der Waals surface area contributed by atoms with Crippen LogP contribution >= 0.6 is 0 Å². The predicted molar refractivity (Wildman–Crippen MR) is 71.4 cm³/mol. The van der Waals surface area contributed by atoms with E-state index in [2.05, 4.69) is 24.4 Å². The molecule has 1 fully saturated rings. The lowest BCUT2D eigenvalue weighted by molar-refractivity contribution is -0.143. The van der Waals surface area contributed by atoms with Gasteiger partial charge in [-0.25, -0.2) is 0 Å². The number of carbonyl (C=O) groups is 1. The van der Waals surface area contributed by atoms with Gasteiger partial charge in [0, 0.05) is 12.1 Å². The minimum absolute atomic E-state index is 0.103. The summed E-state index contributed by atoms with van der Waals surface area (Å²) in [6.07, 6.45) is 3.93. The fourth-order valence-corrected chi connectivity index (χ4v) is 2.78. The highest BCUT2D eigenvalue weighted by molar-refractivity contribution is 5.71. The van der Waals surface area contributed by atoms with Gasteiger partial charge in [-0.2, -0.15) is 0 Å². The lowest BCUT2D eigenvalue weighted by Gasteiger charge is -2.32. The third-order valence-corrected chi connectivity index (χ3v) is 3.85. The topological polar surface area (TPSA) is 49.3 Å². The molecule has 0 saturated heterocycles. The van der Waals surface area contributed by atoms with Crippen LogP contribution < -0.4 is 5.32 Å². The molecule has 3 nitrogen and oxygen atoms in total. The second kappa shape index (κ2) is 6.01. The molecule has 1 aromatic rings. The maximum absolute atomic E-state index is 11.2. The molecule has 3 heteroatoms. The second-order valence-corrected chi connectivity index (χ2v) is 5.13. The van der Waals surface area contributed by atoms with Crippen molar-refractivity contribution in [2.75, 3.05) is 0 Å². The molecule has 1 aromatic carbocycles. The Morgan fingerprint density at radius 1 is 1.28 bits per heavy atom. The van der Waals surface area contributed by atoms with Crippen LogP contribution in [0.1, 0.15) is 44.2 Å². The average molecular weight is 247 g/mol. The average Bonchev–Trinajstić information content (AvgIpc) is 2.40. The van der Waals surface area contributed by atoms with Gasteiger partial charge in [0.2, 0.25) is 0 Å². The predicted octanol–water partition coefficient (Wildman–Crippen LogP) is 2.98. The summed E-state index contributed by atoms with van der Waals surface area (Å²) in [7, 11) is 0. The lowest BCUT2D eigenvalue weighted by atomic mass is 9.84. The first kappa shape index (κ1) is 13.1. The van der Waals surface area contributed by atoms with E-state index in [4.69, 9.17) is 0 Å². The first-order valence-corrected chi connectivity index (χ1v) is 6.72. The molecule has 2 unspecified atom stereocenters. The molecule has 0 radical (unpaired) electrons. The summed E-state index contributed by atoms with van der Waals surface area (Å²) in [5, 5.41) is 12.7. The van der Waals surface area contributed by atoms with Gasteiger partial charge in [-0.3, -0.25) is 4.79 Å². The van der Waals surface area contributed by atoms with Crippen molar-refractivity contribution < 1.29 is 9.90 Å². The zero-order chi connectivity index (χ0) is 13.0. The molecule has 0 heterocycles. The van der Waals surface area contributed by atoms with E-state index in [0.717, 1.165) is 25.7 Å². The second-order valence-electron chi connectivity index (χ2n) is 5.13. The Bertz CT molecular complexity index is 391. The molecule has 1 aliphatic carbocycles. The van der Waals surface area contributed by atoms with Crippen LogP contribution in [0.4, 0.5) is 0 Å². The van der Waals surface area contributed by atoms with Gasteiger partial charge >= 0.3 is 5.97 Å². The van der Waals surface area contributed by atoms with E-state index in [9.17, 15) is 9.90 Å². The van der Waals surface area contributed by atoms with E-state index in [-0.39, 0.29) is 18.0 Å². The van der Waals surface area contributed by atoms with E-state index < -0.39 is 5.97 Å². The third-order valence-electron chi connectivity index (χ3n) is 3.85. The molecule has 0 aliphatic heterocycles. The fourth-order valence-electron chi connectivity index (χ4n) is 2.78. The number of hydrogen-bond acceptors (Lipinski definition) is 2. The normalized spacial score (nSPS) is 25.6. The fraction of sp³-hybridized carbons (Fsp3) is 0.533. The Labute approximate surface area is 108 Å². The van der Waals surface area contributed by atoms with Crippen molar-refractivity contribution in [1.82, 2.24) is 5.32 Å². The van der Waals surface area contributed by atoms with E-state index in [1.54, 1.807) is 0 Å². The molecule has 1 saturated carbocycles. The Morgan fingerprint density at radius 2 is 1.94 bits per heavy atom. The number of carboxylic acids is 1. The lowest BCUT2D eigenvalue weighted by Crippen LogP contribution is -2.43. The molecule has 2 N–H and O–H groups in total. The Kier molecular flexibility index (Phi) is 4.37.